The maximum atomic E-state index is 12.0. The molecule has 6 atom stereocenters. The molecule has 0 aliphatic heterocycles. The normalized spacial score (nSPS) is 40.2. The van der Waals surface area contributed by atoms with Crippen molar-refractivity contribution in [2.75, 3.05) is 6.79 Å². The number of ketones is 1. The Balaban J connectivity index is 0.00000272. The van der Waals surface area contributed by atoms with E-state index < -0.39 is 14.6 Å². The molecule has 31 heavy (non-hydrogen) atoms. The van der Waals surface area contributed by atoms with E-state index in [9.17, 15) is 9.36 Å². The van der Waals surface area contributed by atoms with Crippen LogP contribution in [0.3, 0.4) is 0 Å². The van der Waals surface area contributed by atoms with Crippen molar-refractivity contribution < 1.29 is 28.5 Å². The van der Waals surface area contributed by atoms with Gasteiger partial charge >= 0.3 is 7.82 Å². The topological polar surface area (TPSA) is 105 Å². The van der Waals surface area contributed by atoms with Crippen molar-refractivity contribution in [3.05, 3.63) is 11.6 Å². The van der Waals surface area contributed by atoms with Gasteiger partial charge in [-0.3, -0.25) is 4.79 Å². The van der Waals surface area contributed by atoms with Crippen LogP contribution in [-0.2, 0) is 18.7 Å². The molecule has 3 fully saturated rings. The average Bonchev–Trinajstić information content (AvgIpc) is 3.02. The molecule has 9 heteroatoms. The Morgan fingerprint density at radius 1 is 1.16 bits per heavy atom. The molecule has 2 N–H and O–H groups in total. The van der Waals surface area contributed by atoms with Crippen LogP contribution in [0.15, 0.2) is 16.8 Å². The van der Waals surface area contributed by atoms with Crippen LogP contribution >= 0.6 is 7.82 Å². The monoisotopic (exact) mass is 462 g/mol. The molecule has 0 spiro atoms. The van der Waals surface area contributed by atoms with Gasteiger partial charge in [-0.2, -0.15) is 0 Å². The molecule has 169 valence electrons. The van der Waals surface area contributed by atoms with E-state index in [2.05, 4.69) is 23.5 Å². The van der Waals surface area contributed by atoms with Crippen LogP contribution in [0, 0.1) is 34.5 Å². The van der Waals surface area contributed by atoms with Crippen molar-refractivity contribution in [3.8, 4) is 0 Å². The Hall–Kier alpha value is -0.0100. The van der Waals surface area contributed by atoms with E-state index in [1.807, 2.05) is 13.0 Å². The molecule has 0 unspecified atom stereocenters. The van der Waals surface area contributed by atoms with Crippen LogP contribution in [0.4, 0.5) is 0 Å². The molecule has 0 aromatic carbocycles. The fourth-order valence-electron chi connectivity index (χ4n) is 7.53. The molecule has 0 bridgehead atoms. The number of nitrogens with zero attached hydrogens (tertiary/aromatic N) is 1. The second-order valence-electron chi connectivity index (χ2n) is 10.2. The Labute approximate surface area is 206 Å². The summed E-state index contributed by atoms with van der Waals surface area (Å²) < 4.78 is 15.1. The molecule has 1 radical (unpaired) electrons. The number of carbonyl (C=O) groups excluding carboxylic acids is 1. The van der Waals surface area contributed by atoms with Crippen molar-refractivity contribution in [3.63, 3.8) is 0 Å². The number of phosphoric ester groups is 1. The van der Waals surface area contributed by atoms with Gasteiger partial charge in [0.1, 0.15) is 0 Å². The maximum absolute atomic E-state index is 12.0. The van der Waals surface area contributed by atoms with Gasteiger partial charge in [-0.25, -0.2) is 9.09 Å². The summed E-state index contributed by atoms with van der Waals surface area (Å²) in [6, 6.07) is 0. The van der Waals surface area contributed by atoms with E-state index in [0.29, 0.717) is 35.9 Å². The van der Waals surface area contributed by atoms with Gasteiger partial charge in [0.2, 0.25) is 6.79 Å². The minimum absolute atomic E-state index is 0. The quantitative estimate of drug-likeness (QED) is 0.158. The van der Waals surface area contributed by atoms with Gasteiger partial charge in [0.15, 0.2) is 5.78 Å². The summed E-state index contributed by atoms with van der Waals surface area (Å²) >= 11 is 0. The molecule has 0 amide bonds. The van der Waals surface area contributed by atoms with E-state index in [4.69, 9.17) is 14.6 Å². The SMILES string of the molecule is C/C(=N\OCOP(=O)(O)O)[C@H]1CC[C@H]2[C@@H]3CCC4=CC(=O)CC[C@]4(C)[C@H]3CC[C@]12C.[Na]. The van der Waals surface area contributed by atoms with Crippen LogP contribution in [-0.4, -0.2) is 57.6 Å². The molecule has 7 nitrogen and oxygen atoms in total. The van der Waals surface area contributed by atoms with E-state index in [0.717, 1.165) is 31.4 Å². The van der Waals surface area contributed by atoms with Gasteiger partial charge in [-0.1, -0.05) is 24.6 Å². The minimum atomic E-state index is -4.55. The second kappa shape index (κ2) is 9.32. The molecule has 3 saturated carbocycles. The molecular formula is C22H34NNaO6P. The molecule has 4 aliphatic carbocycles. The molecule has 0 aromatic rings. The van der Waals surface area contributed by atoms with Crippen LogP contribution in [0.1, 0.15) is 72.1 Å². The smallest absolute Gasteiger partial charge is 0.367 e. The molecule has 4 rings (SSSR count). The van der Waals surface area contributed by atoms with Crippen LogP contribution < -0.4 is 0 Å². The zero-order chi connectivity index (χ0) is 21.7. The van der Waals surface area contributed by atoms with Gasteiger partial charge in [-0.05, 0) is 86.5 Å². The number of fused-ring (bicyclic) bond motifs is 5. The van der Waals surface area contributed by atoms with Gasteiger partial charge in [0.25, 0.3) is 0 Å². The number of phosphoric acid groups is 1. The zero-order valence-electron chi connectivity index (χ0n) is 19.2. The molecule has 4 aliphatic rings. The largest absolute Gasteiger partial charge is 0.472 e. The predicted octanol–water partition coefficient (Wildman–Crippen LogP) is 4.21. The Morgan fingerprint density at radius 2 is 1.90 bits per heavy atom. The van der Waals surface area contributed by atoms with Crippen molar-refractivity contribution >= 4 is 48.9 Å². The first-order valence-corrected chi connectivity index (χ1v) is 12.7. The van der Waals surface area contributed by atoms with Gasteiger partial charge < -0.3 is 14.6 Å². The summed E-state index contributed by atoms with van der Waals surface area (Å²) in [4.78, 5) is 34.5. The summed E-state index contributed by atoms with van der Waals surface area (Å²) in [5, 5.41) is 4.14. The van der Waals surface area contributed by atoms with Crippen molar-refractivity contribution in [1.82, 2.24) is 0 Å². The summed E-state index contributed by atoms with van der Waals surface area (Å²) in [7, 11) is -4.55. The number of rotatable bonds is 5. The molecule has 0 aromatic heterocycles. The summed E-state index contributed by atoms with van der Waals surface area (Å²) in [5.74, 6) is 2.62. The van der Waals surface area contributed by atoms with Crippen molar-refractivity contribution in [2.45, 2.75) is 72.1 Å². The summed E-state index contributed by atoms with van der Waals surface area (Å²) in [6.45, 7) is 6.20. The van der Waals surface area contributed by atoms with Gasteiger partial charge in [-0.15, -0.1) is 0 Å². The Kier molecular flexibility index (Phi) is 7.70. The van der Waals surface area contributed by atoms with Crippen LogP contribution in [0.2, 0.25) is 0 Å². The number of oxime groups is 1. The van der Waals surface area contributed by atoms with Crippen molar-refractivity contribution in [2.24, 2.45) is 39.7 Å². The average molecular weight is 462 g/mol. The third-order valence-corrected chi connectivity index (χ3v) is 9.39. The number of allylic oxidation sites excluding steroid dienone is 1. The number of carbonyl (C=O) groups is 1. The number of hydrogen-bond acceptors (Lipinski definition) is 5. The first-order chi connectivity index (χ1) is 14.0. The maximum Gasteiger partial charge on any atom is 0.472 e. The van der Waals surface area contributed by atoms with E-state index in [1.165, 1.54) is 24.8 Å². The minimum Gasteiger partial charge on any atom is -0.367 e. The first-order valence-electron chi connectivity index (χ1n) is 11.1. The third kappa shape index (κ3) is 4.80. The molecular weight excluding hydrogens is 428 g/mol. The molecule has 0 heterocycles. The fraction of sp³-hybridized carbons (Fsp3) is 0.818. The third-order valence-electron chi connectivity index (χ3n) is 8.95. The first kappa shape index (κ1) is 25.6. The second-order valence-corrected chi connectivity index (χ2v) is 11.5. The van der Waals surface area contributed by atoms with Crippen LogP contribution in [0.5, 0.6) is 0 Å². The Morgan fingerprint density at radius 3 is 2.61 bits per heavy atom. The molecule has 0 saturated heterocycles. The summed E-state index contributed by atoms with van der Waals surface area (Å²) in [5.41, 5.74) is 2.64. The van der Waals surface area contributed by atoms with E-state index in [-0.39, 0.29) is 40.4 Å². The van der Waals surface area contributed by atoms with Crippen LogP contribution in [0.25, 0.3) is 0 Å². The predicted molar refractivity (Wildman–Crippen MR) is 118 cm³/mol. The summed E-state index contributed by atoms with van der Waals surface area (Å²) in [6.07, 6.45) is 10.5. The standard InChI is InChI=1S/C22H34NO6P.Na/c1-14(23-28-13-29-30(25,26)27)18-6-7-19-17-5-4-15-12-16(24)8-10-21(15,2)20(17)9-11-22(18,19)3;/h12,17-20H,4-11,13H2,1-3H3,(H2,25,26,27);/b23-14+;/t17-,18+,19-,20-,21-,22+;/m0./s1. The fourth-order valence-corrected chi connectivity index (χ4v) is 7.71. The van der Waals surface area contributed by atoms with E-state index in [1.54, 1.807) is 0 Å². The van der Waals surface area contributed by atoms with E-state index >= 15 is 0 Å². The Bertz CT molecular complexity index is 825. The van der Waals surface area contributed by atoms with Gasteiger partial charge in [0, 0.05) is 41.9 Å². The van der Waals surface area contributed by atoms with Gasteiger partial charge in [0.05, 0.1) is 5.71 Å². The zero-order valence-corrected chi connectivity index (χ0v) is 22.1. The number of hydrogen-bond donors (Lipinski definition) is 2. The van der Waals surface area contributed by atoms with Crippen molar-refractivity contribution in [1.29, 1.82) is 0 Å².